The summed E-state index contributed by atoms with van der Waals surface area (Å²) in [4.78, 5) is 5.85. The Labute approximate surface area is 116 Å². The van der Waals surface area contributed by atoms with Gasteiger partial charge in [0, 0.05) is 24.7 Å². The lowest BCUT2D eigenvalue weighted by Crippen LogP contribution is -2.39. The Kier molecular flexibility index (Phi) is 3.92. The minimum absolute atomic E-state index is 0.170. The average molecular weight is 278 g/mol. The number of aryl methyl sites for hydroxylation is 1. The maximum absolute atomic E-state index is 14.1. The molecule has 0 unspecified atom stereocenters. The van der Waals surface area contributed by atoms with E-state index < -0.39 is 0 Å². The number of halogens is 1. The molecule has 1 heterocycles. The third-order valence-corrected chi connectivity index (χ3v) is 3.20. The first-order valence-corrected chi connectivity index (χ1v) is 6.28. The van der Waals surface area contributed by atoms with Gasteiger partial charge in [0.05, 0.1) is 11.2 Å². The number of pyridine rings is 1. The van der Waals surface area contributed by atoms with Crippen molar-refractivity contribution in [1.29, 1.82) is 0 Å². The normalized spacial score (nSPS) is 10.7. The Hall–Kier alpha value is -1.79. The number of anilines is 1. The molecule has 0 radical (unpaired) electrons. The van der Waals surface area contributed by atoms with E-state index in [-0.39, 0.29) is 10.9 Å². The Bertz CT molecular complexity index is 629. The van der Waals surface area contributed by atoms with Crippen molar-refractivity contribution < 1.29 is 4.39 Å². The van der Waals surface area contributed by atoms with E-state index in [0.29, 0.717) is 29.7 Å². The van der Waals surface area contributed by atoms with Crippen LogP contribution >= 0.6 is 12.2 Å². The molecule has 0 fully saturated rings. The SMILES string of the molecule is Cc1c(N(CCN)C(N)=S)cc(F)c2cccnc12. The van der Waals surface area contributed by atoms with Gasteiger partial charge in [-0.25, -0.2) is 4.39 Å². The van der Waals surface area contributed by atoms with Crippen LogP contribution in [0.5, 0.6) is 0 Å². The minimum atomic E-state index is -0.345. The molecule has 100 valence electrons. The summed E-state index contributed by atoms with van der Waals surface area (Å²) in [7, 11) is 0. The van der Waals surface area contributed by atoms with Crippen LogP contribution in [0.4, 0.5) is 10.1 Å². The monoisotopic (exact) mass is 278 g/mol. The zero-order valence-electron chi connectivity index (χ0n) is 10.6. The molecule has 0 atom stereocenters. The average Bonchev–Trinajstić information content (AvgIpc) is 2.40. The van der Waals surface area contributed by atoms with E-state index in [1.807, 2.05) is 6.92 Å². The van der Waals surface area contributed by atoms with Gasteiger partial charge in [-0.3, -0.25) is 4.98 Å². The van der Waals surface area contributed by atoms with E-state index in [0.717, 1.165) is 5.56 Å². The molecule has 0 spiro atoms. The lowest BCUT2D eigenvalue weighted by Gasteiger charge is -2.24. The molecule has 0 bridgehead atoms. The Morgan fingerprint density at radius 3 is 2.89 bits per heavy atom. The van der Waals surface area contributed by atoms with Gasteiger partial charge in [-0.1, -0.05) is 0 Å². The van der Waals surface area contributed by atoms with E-state index in [2.05, 4.69) is 4.98 Å². The van der Waals surface area contributed by atoms with Crippen LogP contribution < -0.4 is 16.4 Å². The first kappa shape index (κ1) is 13.6. The maximum atomic E-state index is 14.1. The maximum Gasteiger partial charge on any atom is 0.170 e. The smallest absolute Gasteiger partial charge is 0.170 e. The summed E-state index contributed by atoms with van der Waals surface area (Å²) in [6, 6.07) is 4.83. The molecule has 0 aliphatic carbocycles. The number of nitrogens with two attached hydrogens (primary N) is 2. The van der Waals surface area contributed by atoms with Gasteiger partial charge in [0.25, 0.3) is 0 Å². The number of nitrogens with zero attached hydrogens (tertiary/aromatic N) is 2. The van der Waals surface area contributed by atoms with Crippen LogP contribution in [-0.4, -0.2) is 23.2 Å². The highest BCUT2D eigenvalue weighted by Gasteiger charge is 2.16. The van der Waals surface area contributed by atoms with Crippen LogP contribution in [0.1, 0.15) is 5.56 Å². The highest BCUT2D eigenvalue weighted by atomic mass is 32.1. The molecule has 0 aliphatic rings. The van der Waals surface area contributed by atoms with E-state index >= 15 is 0 Å². The number of thiocarbonyl (C=S) groups is 1. The molecule has 1 aromatic heterocycles. The lowest BCUT2D eigenvalue weighted by molar-refractivity contribution is 0.639. The van der Waals surface area contributed by atoms with Crippen LogP contribution in [0.25, 0.3) is 10.9 Å². The van der Waals surface area contributed by atoms with Crippen molar-refractivity contribution in [3.05, 3.63) is 35.8 Å². The summed E-state index contributed by atoms with van der Waals surface area (Å²) in [6.07, 6.45) is 1.63. The highest BCUT2D eigenvalue weighted by Crippen LogP contribution is 2.29. The Morgan fingerprint density at radius 1 is 1.53 bits per heavy atom. The molecule has 4 nitrogen and oxygen atoms in total. The second-order valence-electron chi connectivity index (χ2n) is 4.18. The van der Waals surface area contributed by atoms with Gasteiger partial charge < -0.3 is 16.4 Å². The van der Waals surface area contributed by atoms with Crippen LogP contribution in [0, 0.1) is 12.7 Å². The zero-order chi connectivity index (χ0) is 14.0. The summed E-state index contributed by atoms with van der Waals surface area (Å²) in [6.45, 7) is 2.68. The van der Waals surface area contributed by atoms with Crippen LogP contribution in [0.2, 0.25) is 0 Å². The second kappa shape index (κ2) is 5.46. The second-order valence-corrected chi connectivity index (χ2v) is 4.60. The van der Waals surface area contributed by atoms with E-state index in [4.69, 9.17) is 23.7 Å². The molecule has 0 saturated carbocycles. The van der Waals surface area contributed by atoms with Gasteiger partial charge >= 0.3 is 0 Å². The van der Waals surface area contributed by atoms with Crippen molar-refractivity contribution in [2.45, 2.75) is 6.92 Å². The zero-order valence-corrected chi connectivity index (χ0v) is 11.4. The van der Waals surface area contributed by atoms with Gasteiger partial charge in [-0.2, -0.15) is 0 Å². The quantitative estimate of drug-likeness (QED) is 0.836. The summed E-state index contributed by atoms with van der Waals surface area (Å²) in [5, 5.41) is 0.655. The van der Waals surface area contributed by atoms with Crippen molar-refractivity contribution in [1.82, 2.24) is 4.98 Å². The number of hydrogen-bond acceptors (Lipinski definition) is 3. The van der Waals surface area contributed by atoms with E-state index in [9.17, 15) is 4.39 Å². The van der Waals surface area contributed by atoms with Crippen molar-refractivity contribution in [2.24, 2.45) is 11.5 Å². The lowest BCUT2D eigenvalue weighted by atomic mass is 10.1. The fourth-order valence-corrected chi connectivity index (χ4v) is 2.27. The van der Waals surface area contributed by atoms with Crippen molar-refractivity contribution >= 4 is 33.9 Å². The third-order valence-electron chi connectivity index (χ3n) is 2.98. The topological polar surface area (TPSA) is 68.2 Å². The van der Waals surface area contributed by atoms with E-state index in [1.54, 1.807) is 23.2 Å². The minimum Gasteiger partial charge on any atom is -0.376 e. The summed E-state index contributed by atoms with van der Waals surface area (Å²) in [5.41, 5.74) is 13.3. The molecule has 1 aromatic carbocycles. The molecular weight excluding hydrogens is 263 g/mol. The van der Waals surface area contributed by atoms with Crippen molar-refractivity contribution in [2.75, 3.05) is 18.0 Å². The number of hydrogen-bond donors (Lipinski definition) is 2. The number of rotatable bonds is 3. The van der Waals surface area contributed by atoms with Gasteiger partial charge in [0.15, 0.2) is 5.11 Å². The fourth-order valence-electron chi connectivity index (χ4n) is 2.08. The van der Waals surface area contributed by atoms with E-state index in [1.165, 1.54) is 6.07 Å². The standard InChI is InChI=1S/C13H15FN4S/c1-8-11(18(6-4-15)13(16)19)7-10(14)9-3-2-5-17-12(8)9/h2-3,5,7H,4,6,15H2,1H3,(H2,16,19). The molecule has 6 heteroatoms. The third kappa shape index (κ3) is 2.50. The van der Waals surface area contributed by atoms with Crippen molar-refractivity contribution in [3.8, 4) is 0 Å². The summed E-state index contributed by atoms with van der Waals surface area (Å²) in [5.74, 6) is -0.345. The molecule has 0 aliphatic heterocycles. The van der Waals surface area contributed by atoms with Gasteiger partial charge in [0.2, 0.25) is 0 Å². The highest BCUT2D eigenvalue weighted by molar-refractivity contribution is 7.80. The molecule has 0 amide bonds. The molecule has 4 N–H and O–H groups in total. The molecule has 2 rings (SSSR count). The number of aromatic nitrogens is 1. The largest absolute Gasteiger partial charge is 0.376 e. The number of fused-ring (bicyclic) bond motifs is 1. The molecule has 2 aromatic rings. The Balaban J connectivity index is 2.67. The predicted molar refractivity (Wildman–Crippen MR) is 79.6 cm³/mol. The predicted octanol–water partition coefficient (Wildman–Crippen LogP) is 1.69. The van der Waals surface area contributed by atoms with Gasteiger partial charge in [-0.15, -0.1) is 0 Å². The Morgan fingerprint density at radius 2 is 2.26 bits per heavy atom. The summed E-state index contributed by atoms with van der Waals surface area (Å²) < 4.78 is 14.1. The summed E-state index contributed by atoms with van der Waals surface area (Å²) >= 11 is 5.00. The van der Waals surface area contributed by atoms with Gasteiger partial charge in [0.1, 0.15) is 5.82 Å². The van der Waals surface area contributed by atoms with Crippen molar-refractivity contribution in [3.63, 3.8) is 0 Å². The van der Waals surface area contributed by atoms with Crippen LogP contribution in [-0.2, 0) is 0 Å². The molecular formula is C13H15FN4S. The van der Waals surface area contributed by atoms with Crippen LogP contribution in [0.3, 0.4) is 0 Å². The van der Waals surface area contributed by atoms with Gasteiger partial charge in [-0.05, 0) is 42.9 Å². The fraction of sp³-hybridized carbons (Fsp3) is 0.231. The first-order valence-electron chi connectivity index (χ1n) is 5.87. The molecule has 0 saturated heterocycles. The number of benzene rings is 1. The first-order chi connectivity index (χ1) is 9.06. The van der Waals surface area contributed by atoms with Crippen LogP contribution in [0.15, 0.2) is 24.4 Å². The molecule has 19 heavy (non-hydrogen) atoms.